The minimum absolute atomic E-state index is 0.0318. The van der Waals surface area contributed by atoms with Gasteiger partial charge in [0, 0.05) is 12.1 Å². The van der Waals surface area contributed by atoms with Gasteiger partial charge in [-0.1, -0.05) is 61.3 Å². The number of hydrogen-bond donors (Lipinski definition) is 1. The summed E-state index contributed by atoms with van der Waals surface area (Å²) in [5.41, 5.74) is 1.37. The van der Waals surface area contributed by atoms with E-state index >= 15 is 0 Å². The van der Waals surface area contributed by atoms with Crippen molar-refractivity contribution in [3.63, 3.8) is 0 Å². The number of halogens is 2. The van der Waals surface area contributed by atoms with Crippen LogP contribution in [0, 0.1) is 0 Å². The van der Waals surface area contributed by atoms with E-state index in [4.69, 9.17) is 23.2 Å². The summed E-state index contributed by atoms with van der Waals surface area (Å²) in [6.07, 6.45) is 1.07. The molecule has 7 nitrogen and oxygen atoms in total. The van der Waals surface area contributed by atoms with Crippen LogP contribution in [0.15, 0.2) is 42.5 Å². The zero-order valence-electron chi connectivity index (χ0n) is 21.8. The number of amides is 2. The lowest BCUT2D eigenvalue weighted by atomic mass is 10.0. The maximum Gasteiger partial charge on any atom is 0.244 e. The van der Waals surface area contributed by atoms with Gasteiger partial charge >= 0.3 is 0 Å². The zero-order valence-corrected chi connectivity index (χ0v) is 24.1. The highest BCUT2D eigenvalue weighted by molar-refractivity contribution is 7.92. The van der Waals surface area contributed by atoms with Gasteiger partial charge in [0.25, 0.3) is 0 Å². The van der Waals surface area contributed by atoms with Crippen LogP contribution in [0.5, 0.6) is 0 Å². The van der Waals surface area contributed by atoms with Crippen LogP contribution in [0.1, 0.15) is 58.6 Å². The number of nitrogens with zero attached hydrogens (tertiary/aromatic N) is 2. The lowest BCUT2D eigenvalue weighted by molar-refractivity contribution is -0.140. The van der Waals surface area contributed by atoms with E-state index in [1.807, 2.05) is 46.8 Å². The van der Waals surface area contributed by atoms with Crippen LogP contribution in [-0.4, -0.2) is 49.5 Å². The van der Waals surface area contributed by atoms with Crippen LogP contribution in [0.3, 0.4) is 0 Å². The SMILES string of the molecule is CC(C)c1ccccc1N(CC(=O)N(Cc1ccc(Cl)c(Cl)c1)[C@H](C)C(=O)NC(C)(C)C)S(C)(=O)=O. The molecule has 198 valence electrons. The van der Waals surface area contributed by atoms with Crippen molar-refractivity contribution in [2.24, 2.45) is 0 Å². The van der Waals surface area contributed by atoms with E-state index in [1.54, 1.807) is 37.3 Å². The van der Waals surface area contributed by atoms with Gasteiger partial charge in [0.2, 0.25) is 21.8 Å². The summed E-state index contributed by atoms with van der Waals surface area (Å²) in [5, 5.41) is 3.57. The Balaban J connectivity index is 2.49. The average molecular weight is 557 g/mol. The van der Waals surface area contributed by atoms with E-state index in [2.05, 4.69) is 5.32 Å². The van der Waals surface area contributed by atoms with E-state index in [1.165, 1.54) is 4.90 Å². The largest absolute Gasteiger partial charge is 0.350 e. The van der Waals surface area contributed by atoms with E-state index in [0.717, 1.165) is 16.1 Å². The van der Waals surface area contributed by atoms with Gasteiger partial charge < -0.3 is 10.2 Å². The van der Waals surface area contributed by atoms with Gasteiger partial charge in [-0.05, 0) is 62.9 Å². The third-order valence-electron chi connectivity index (χ3n) is 5.51. The number of hydrogen-bond acceptors (Lipinski definition) is 4. The molecule has 0 aliphatic rings. The highest BCUT2D eigenvalue weighted by Crippen LogP contribution is 2.29. The molecule has 0 saturated carbocycles. The van der Waals surface area contributed by atoms with Crippen molar-refractivity contribution in [3.05, 3.63) is 63.6 Å². The number of sulfonamides is 1. The number of para-hydroxylation sites is 1. The van der Waals surface area contributed by atoms with Crippen molar-refractivity contribution in [1.29, 1.82) is 0 Å². The van der Waals surface area contributed by atoms with Crippen molar-refractivity contribution < 1.29 is 18.0 Å². The smallest absolute Gasteiger partial charge is 0.244 e. The molecule has 0 aromatic heterocycles. The predicted octanol–water partition coefficient (Wildman–Crippen LogP) is 5.21. The van der Waals surface area contributed by atoms with Gasteiger partial charge in [0.15, 0.2) is 0 Å². The Kier molecular flexibility index (Phi) is 9.84. The lowest BCUT2D eigenvalue weighted by Crippen LogP contribution is -2.54. The van der Waals surface area contributed by atoms with Gasteiger partial charge in [-0.15, -0.1) is 0 Å². The monoisotopic (exact) mass is 555 g/mol. The molecule has 0 spiro atoms. The number of nitrogens with one attached hydrogen (secondary N) is 1. The third kappa shape index (κ3) is 8.11. The summed E-state index contributed by atoms with van der Waals surface area (Å²) in [5.74, 6) is -0.852. The molecule has 0 fully saturated rings. The van der Waals surface area contributed by atoms with Crippen molar-refractivity contribution >= 4 is 50.7 Å². The van der Waals surface area contributed by atoms with Gasteiger partial charge in [0.1, 0.15) is 12.6 Å². The maximum absolute atomic E-state index is 13.7. The Labute approximate surface area is 224 Å². The van der Waals surface area contributed by atoms with E-state index < -0.39 is 34.1 Å². The van der Waals surface area contributed by atoms with E-state index in [9.17, 15) is 18.0 Å². The van der Waals surface area contributed by atoms with Crippen LogP contribution >= 0.6 is 23.2 Å². The van der Waals surface area contributed by atoms with Crippen LogP contribution in [0.2, 0.25) is 10.0 Å². The number of rotatable bonds is 9. The number of anilines is 1. The standard InChI is InChI=1S/C26H35Cl2N3O4S/c1-17(2)20-10-8-9-11-23(20)31(36(7,34)35)16-24(32)30(18(3)25(33)29-26(4,5)6)15-19-12-13-21(27)22(28)14-19/h8-14,17-18H,15-16H2,1-7H3,(H,29,33)/t18-/m1/s1. The first-order valence-corrected chi connectivity index (χ1v) is 14.2. The number of benzene rings is 2. The molecular formula is C26H35Cl2N3O4S. The molecule has 1 atom stereocenters. The molecule has 0 unspecified atom stereocenters. The Hall–Kier alpha value is -2.29. The fraction of sp³-hybridized carbons (Fsp3) is 0.462. The van der Waals surface area contributed by atoms with Gasteiger partial charge in [-0.3, -0.25) is 13.9 Å². The van der Waals surface area contributed by atoms with E-state index in [-0.39, 0.29) is 18.4 Å². The molecule has 10 heteroatoms. The Morgan fingerprint density at radius 1 is 1.00 bits per heavy atom. The van der Waals surface area contributed by atoms with Gasteiger partial charge in [-0.2, -0.15) is 0 Å². The maximum atomic E-state index is 13.7. The first-order valence-electron chi connectivity index (χ1n) is 11.6. The number of carbonyl (C=O) groups excluding carboxylic acids is 2. The minimum Gasteiger partial charge on any atom is -0.350 e. The Morgan fingerprint density at radius 3 is 2.14 bits per heavy atom. The summed E-state index contributed by atoms with van der Waals surface area (Å²) < 4.78 is 26.8. The fourth-order valence-corrected chi connectivity index (χ4v) is 4.88. The van der Waals surface area contributed by atoms with Crippen LogP contribution in [0.25, 0.3) is 0 Å². The molecule has 2 rings (SSSR count). The Bertz CT molecular complexity index is 1210. The second kappa shape index (κ2) is 11.8. The molecule has 0 aliphatic carbocycles. The molecule has 36 heavy (non-hydrogen) atoms. The first kappa shape index (κ1) is 29.9. The van der Waals surface area contributed by atoms with Crippen LogP contribution in [0.4, 0.5) is 5.69 Å². The normalized spacial score (nSPS) is 12.8. The quantitative estimate of drug-likeness (QED) is 0.459. The van der Waals surface area contributed by atoms with Crippen molar-refractivity contribution in [3.8, 4) is 0 Å². The van der Waals surface area contributed by atoms with Crippen molar-refractivity contribution in [1.82, 2.24) is 10.2 Å². The number of carbonyl (C=O) groups is 2. The second-order valence-electron chi connectivity index (χ2n) is 10.2. The second-order valence-corrected chi connectivity index (χ2v) is 12.9. The molecule has 1 N–H and O–H groups in total. The van der Waals surface area contributed by atoms with Gasteiger partial charge in [-0.25, -0.2) is 8.42 Å². The molecule has 2 aromatic rings. The minimum atomic E-state index is -3.82. The Morgan fingerprint density at radius 2 is 1.61 bits per heavy atom. The van der Waals surface area contributed by atoms with Crippen molar-refractivity contribution in [2.45, 2.75) is 65.6 Å². The summed E-state index contributed by atoms with van der Waals surface area (Å²) in [4.78, 5) is 28.1. The molecule has 0 saturated heterocycles. The van der Waals surface area contributed by atoms with Crippen LogP contribution < -0.4 is 9.62 Å². The van der Waals surface area contributed by atoms with E-state index in [0.29, 0.717) is 21.3 Å². The topological polar surface area (TPSA) is 86.8 Å². The molecule has 0 heterocycles. The zero-order chi connectivity index (χ0) is 27.4. The molecule has 2 amide bonds. The summed E-state index contributed by atoms with van der Waals surface area (Å²) in [6.45, 7) is 10.6. The van der Waals surface area contributed by atoms with Crippen LogP contribution in [-0.2, 0) is 26.2 Å². The molecular weight excluding hydrogens is 521 g/mol. The first-order chi connectivity index (χ1) is 16.5. The van der Waals surface area contributed by atoms with Gasteiger partial charge in [0.05, 0.1) is 22.0 Å². The summed E-state index contributed by atoms with van der Waals surface area (Å²) >= 11 is 12.2. The molecule has 0 aliphatic heterocycles. The molecule has 0 radical (unpaired) electrons. The molecule has 0 bridgehead atoms. The summed E-state index contributed by atoms with van der Waals surface area (Å²) in [6, 6.07) is 11.2. The highest BCUT2D eigenvalue weighted by atomic mass is 35.5. The third-order valence-corrected chi connectivity index (χ3v) is 7.37. The summed E-state index contributed by atoms with van der Waals surface area (Å²) in [7, 11) is -3.82. The predicted molar refractivity (Wildman–Crippen MR) is 147 cm³/mol. The van der Waals surface area contributed by atoms with Crippen molar-refractivity contribution in [2.75, 3.05) is 17.1 Å². The molecule has 2 aromatic carbocycles. The lowest BCUT2D eigenvalue weighted by Gasteiger charge is -2.33. The fourth-order valence-electron chi connectivity index (χ4n) is 3.69. The average Bonchev–Trinajstić information content (AvgIpc) is 2.75. The highest BCUT2D eigenvalue weighted by Gasteiger charge is 2.32.